The van der Waals surface area contributed by atoms with Gasteiger partial charge in [0.25, 0.3) is 0 Å². The standard InChI is InChI=1S/C25H22N4O5/c1-31-25-27-24(18-7-12-21-22(13-18)34-16-33-21)29(28-25)20-10-8-19(9-11-20)26-23(30)15-32-14-17-5-3-2-4-6-17/h2-13H,14-16H2,1H3,(H,26,30). The minimum absolute atomic E-state index is 0.0365. The molecular formula is C25H22N4O5. The van der Waals surface area contributed by atoms with Gasteiger partial charge < -0.3 is 24.3 Å². The lowest BCUT2D eigenvalue weighted by Gasteiger charge is -2.09. The fourth-order valence-corrected chi connectivity index (χ4v) is 3.50. The van der Waals surface area contributed by atoms with Crippen LogP contribution in [0.1, 0.15) is 5.56 Å². The van der Waals surface area contributed by atoms with E-state index >= 15 is 0 Å². The molecule has 0 spiro atoms. The summed E-state index contributed by atoms with van der Waals surface area (Å²) in [6.07, 6.45) is 0. The van der Waals surface area contributed by atoms with Crippen LogP contribution in [0.4, 0.5) is 5.69 Å². The molecule has 1 N–H and O–H groups in total. The van der Waals surface area contributed by atoms with E-state index in [1.54, 1.807) is 16.8 Å². The maximum absolute atomic E-state index is 12.2. The molecular weight excluding hydrogens is 436 g/mol. The molecule has 0 unspecified atom stereocenters. The third kappa shape index (κ3) is 4.69. The molecule has 2 heterocycles. The second kappa shape index (κ2) is 9.63. The zero-order valence-electron chi connectivity index (χ0n) is 18.4. The van der Waals surface area contributed by atoms with Gasteiger partial charge in [-0.3, -0.25) is 4.79 Å². The van der Waals surface area contributed by atoms with Crippen molar-refractivity contribution in [2.45, 2.75) is 6.61 Å². The smallest absolute Gasteiger partial charge is 0.336 e. The number of anilines is 1. The van der Waals surface area contributed by atoms with Gasteiger partial charge in [-0.15, -0.1) is 5.10 Å². The van der Waals surface area contributed by atoms with E-state index in [1.807, 2.05) is 60.7 Å². The minimum atomic E-state index is -0.229. The van der Waals surface area contributed by atoms with Crippen LogP contribution in [-0.4, -0.2) is 41.2 Å². The van der Waals surface area contributed by atoms with E-state index in [-0.39, 0.29) is 25.3 Å². The van der Waals surface area contributed by atoms with Gasteiger partial charge >= 0.3 is 6.01 Å². The second-order valence-corrected chi connectivity index (χ2v) is 7.48. The van der Waals surface area contributed by atoms with Gasteiger partial charge in [0.1, 0.15) is 6.61 Å². The van der Waals surface area contributed by atoms with Gasteiger partial charge in [0.05, 0.1) is 19.4 Å². The van der Waals surface area contributed by atoms with E-state index in [4.69, 9.17) is 18.9 Å². The molecule has 5 rings (SSSR count). The summed E-state index contributed by atoms with van der Waals surface area (Å²) in [5.41, 5.74) is 3.21. The van der Waals surface area contributed by atoms with E-state index in [2.05, 4.69) is 15.4 Å². The highest BCUT2D eigenvalue weighted by atomic mass is 16.7. The summed E-state index contributed by atoms with van der Waals surface area (Å²) in [6, 6.07) is 22.8. The number of methoxy groups -OCH3 is 1. The van der Waals surface area contributed by atoms with Gasteiger partial charge in [-0.2, -0.15) is 4.98 Å². The van der Waals surface area contributed by atoms with Gasteiger partial charge in [0.2, 0.25) is 12.7 Å². The number of aromatic nitrogens is 3. The van der Waals surface area contributed by atoms with Crippen molar-refractivity contribution in [1.82, 2.24) is 14.8 Å². The summed E-state index contributed by atoms with van der Waals surface area (Å²) in [5, 5.41) is 7.27. The van der Waals surface area contributed by atoms with Crippen molar-refractivity contribution in [3.8, 4) is 34.6 Å². The Morgan fingerprint density at radius 2 is 1.82 bits per heavy atom. The van der Waals surface area contributed by atoms with Crippen LogP contribution in [-0.2, 0) is 16.1 Å². The second-order valence-electron chi connectivity index (χ2n) is 7.48. The van der Waals surface area contributed by atoms with E-state index in [0.29, 0.717) is 29.6 Å². The van der Waals surface area contributed by atoms with Crippen LogP contribution in [0.2, 0.25) is 0 Å². The highest BCUT2D eigenvalue weighted by molar-refractivity contribution is 5.91. The number of hydrogen-bond acceptors (Lipinski definition) is 7. The Labute approximate surface area is 195 Å². The predicted octanol–water partition coefficient (Wildman–Crippen LogP) is 3.83. The molecule has 0 aliphatic carbocycles. The van der Waals surface area contributed by atoms with Crippen molar-refractivity contribution < 1.29 is 23.7 Å². The predicted molar refractivity (Wildman–Crippen MR) is 124 cm³/mol. The van der Waals surface area contributed by atoms with E-state index in [1.165, 1.54) is 7.11 Å². The number of benzene rings is 3. The van der Waals surface area contributed by atoms with Crippen molar-refractivity contribution in [2.75, 3.05) is 25.8 Å². The fourth-order valence-electron chi connectivity index (χ4n) is 3.50. The first-order chi connectivity index (χ1) is 16.7. The van der Waals surface area contributed by atoms with Gasteiger partial charge in [-0.1, -0.05) is 30.3 Å². The van der Waals surface area contributed by atoms with Crippen LogP contribution in [0.25, 0.3) is 17.1 Å². The third-order valence-corrected chi connectivity index (χ3v) is 5.14. The summed E-state index contributed by atoms with van der Waals surface area (Å²) >= 11 is 0. The average molecular weight is 458 g/mol. The van der Waals surface area contributed by atoms with Crippen LogP contribution >= 0.6 is 0 Å². The van der Waals surface area contributed by atoms with Gasteiger partial charge in [0.15, 0.2) is 17.3 Å². The molecule has 9 heteroatoms. The Bertz CT molecular complexity index is 1290. The molecule has 172 valence electrons. The topological polar surface area (TPSA) is 96.7 Å². The Kier molecular flexibility index (Phi) is 6.09. The van der Waals surface area contributed by atoms with Crippen LogP contribution in [0, 0.1) is 0 Å². The lowest BCUT2D eigenvalue weighted by Crippen LogP contribution is -2.18. The zero-order valence-corrected chi connectivity index (χ0v) is 18.4. The average Bonchev–Trinajstić information content (AvgIpc) is 3.52. The normalized spacial score (nSPS) is 11.9. The maximum atomic E-state index is 12.2. The Balaban J connectivity index is 1.28. The van der Waals surface area contributed by atoms with Crippen molar-refractivity contribution in [1.29, 1.82) is 0 Å². The third-order valence-electron chi connectivity index (χ3n) is 5.14. The molecule has 1 aromatic heterocycles. The van der Waals surface area contributed by atoms with Crippen LogP contribution in [0.3, 0.4) is 0 Å². The SMILES string of the molecule is COc1nc(-c2ccc3c(c2)OCO3)n(-c2ccc(NC(=O)COCc3ccccc3)cc2)n1. The highest BCUT2D eigenvalue weighted by Crippen LogP contribution is 2.36. The summed E-state index contributed by atoms with van der Waals surface area (Å²) < 4.78 is 23.3. The first kappa shape index (κ1) is 21.5. The number of carbonyl (C=O) groups is 1. The molecule has 0 saturated carbocycles. The number of hydrogen-bond donors (Lipinski definition) is 1. The van der Waals surface area contributed by atoms with E-state index in [9.17, 15) is 4.79 Å². The lowest BCUT2D eigenvalue weighted by atomic mass is 10.2. The van der Waals surface area contributed by atoms with Crippen LogP contribution in [0.15, 0.2) is 72.8 Å². The summed E-state index contributed by atoms with van der Waals surface area (Å²) in [4.78, 5) is 16.7. The molecule has 0 radical (unpaired) electrons. The van der Waals surface area contributed by atoms with Crippen molar-refractivity contribution in [2.24, 2.45) is 0 Å². The van der Waals surface area contributed by atoms with Crippen molar-refractivity contribution >= 4 is 11.6 Å². The molecule has 1 amide bonds. The number of nitrogens with one attached hydrogen (secondary N) is 1. The molecule has 3 aromatic carbocycles. The minimum Gasteiger partial charge on any atom is -0.466 e. The fraction of sp³-hybridized carbons (Fsp3) is 0.160. The molecule has 9 nitrogen and oxygen atoms in total. The number of rotatable bonds is 8. The molecule has 1 aliphatic rings. The van der Waals surface area contributed by atoms with Gasteiger partial charge in [0, 0.05) is 11.3 Å². The molecule has 0 bridgehead atoms. The number of fused-ring (bicyclic) bond motifs is 1. The Morgan fingerprint density at radius 3 is 2.62 bits per heavy atom. The van der Waals surface area contributed by atoms with Crippen molar-refractivity contribution in [3.05, 3.63) is 78.4 Å². The van der Waals surface area contributed by atoms with E-state index in [0.717, 1.165) is 16.8 Å². The summed E-state index contributed by atoms with van der Waals surface area (Å²) in [7, 11) is 1.52. The monoisotopic (exact) mass is 458 g/mol. The number of amides is 1. The molecule has 4 aromatic rings. The van der Waals surface area contributed by atoms with Crippen LogP contribution in [0.5, 0.6) is 17.5 Å². The molecule has 1 aliphatic heterocycles. The van der Waals surface area contributed by atoms with Crippen molar-refractivity contribution in [3.63, 3.8) is 0 Å². The van der Waals surface area contributed by atoms with Gasteiger partial charge in [-0.25, -0.2) is 4.68 Å². The first-order valence-corrected chi connectivity index (χ1v) is 10.6. The number of carbonyl (C=O) groups excluding carboxylic acids is 1. The molecule has 0 atom stereocenters. The summed E-state index contributed by atoms with van der Waals surface area (Å²) in [6.45, 7) is 0.536. The molecule has 0 fully saturated rings. The summed E-state index contributed by atoms with van der Waals surface area (Å²) in [5.74, 6) is 1.70. The number of ether oxygens (including phenoxy) is 4. The maximum Gasteiger partial charge on any atom is 0.336 e. The van der Waals surface area contributed by atoms with E-state index < -0.39 is 0 Å². The Morgan fingerprint density at radius 1 is 1.03 bits per heavy atom. The Hall–Kier alpha value is -4.37. The molecule has 34 heavy (non-hydrogen) atoms. The zero-order chi connectivity index (χ0) is 23.3. The first-order valence-electron chi connectivity index (χ1n) is 10.6. The highest BCUT2D eigenvalue weighted by Gasteiger charge is 2.19. The lowest BCUT2D eigenvalue weighted by molar-refractivity contribution is -0.121. The number of nitrogens with zero attached hydrogens (tertiary/aromatic N) is 3. The van der Waals surface area contributed by atoms with Crippen LogP contribution < -0.4 is 19.5 Å². The quantitative estimate of drug-likeness (QED) is 0.429. The molecule has 0 saturated heterocycles. The largest absolute Gasteiger partial charge is 0.466 e. The van der Waals surface area contributed by atoms with Gasteiger partial charge in [-0.05, 0) is 48.0 Å².